The number of amides is 1. The number of nitrogens with zero attached hydrogens (tertiary/aromatic N) is 4. The number of hydrogen-bond donors (Lipinski definition) is 0. The number of aryl methyl sites for hydroxylation is 2. The highest BCUT2D eigenvalue weighted by molar-refractivity contribution is 7.22. The molecule has 0 radical (unpaired) electrons. The van der Waals surface area contributed by atoms with E-state index in [-0.39, 0.29) is 12.5 Å². The van der Waals surface area contributed by atoms with Gasteiger partial charge in [-0.1, -0.05) is 34.5 Å². The van der Waals surface area contributed by atoms with Crippen molar-refractivity contribution in [3.05, 3.63) is 70.7 Å². The lowest BCUT2D eigenvalue weighted by molar-refractivity contribution is -0.120. The summed E-state index contributed by atoms with van der Waals surface area (Å²) in [6.07, 6.45) is 6.15. The minimum Gasteiger partial charge on any atom is -0.484 e. The second-order valence-electron chi connectivity index (χ2n) is 6.96. The number of fused-ring (bicyclic) bond motifs is 1. The van der Waals surface area contributed by atoms with Crippen LogP contribution in [0.4, 0.5) is 5.13 Å². The van der Waals surface area contributed by atoms with Gasteiger partial charge in [0.2, 0.25) is 0 Å². The minimum atomic E-state index is -0.164. The molecule has 0 aliphatic rings. The summed E-state index contributed by atoms with van der Waals surface area (Å²) in [7, 11) is 0. The van der Waals surface area contributed by atoms with Gasteiger partial charge in [-0.3, -0.25) is 9.69 Å². The molecule has 0 saturated heterocycles. The predicted octanol–water partition coefficient (Wildman–Crippen LogP) is 5.61. The first-order valence-electron chi connectivity index (χ1n) is 9.71. The second-order valence-corrected chi connectivity index (χ2v) is 8.81. The third-order valence-corrected chi connectivity index (χ3v) is 6.51. The summed E-state index contributed by atoms with van der Waals surface area (Å²) in [4.78, 5) is 23.6. The average Bonchev–Trinajstić information content (AvgIpc) is 3.43. The third-order valence-electron chi connectivity index (χ3n) is 4.80. The highest BCUT2D eigenvalue weighted by Gasteiger charge is 2.21. The molecular formula is C22H20Cl2N4O2S. The molecule has 0 bridgehead atoms. The summed E-state index contributed by atoms with van der Waals surface area (Å²) in [6.45, 7) is 3.09. The first-order valence-corrected chi connectivity index (χ1v) is 11.3. The molecule has 0 fully saturated rings. The lowest BCUT2D eigenvalue weighted by Crippen LogP contribution is -2.36. The van der Waals surface area contributed by atoms with E-state index in [9.17, 15) is 4.79 Å². The number of ether oxygens (including phenoxy) is 1. The van der Waals surface area contributed by atoms with Gasteiger partial charge in [-0.15, -0.1) is 0 Å². The van der Waals surface area contributed by atoms with E-state index in [2.05, 4.69) is 4.98 Å². The van der Waals surface area contributed by atoms with Gasteiger partial charge in [0.1, 0.15) is 5.75 Å². The first kappa shape index (κ1) is 21.6. The molecule has 1 amide bonds. The Kier molecular flexibility index (Phi) is 6.75. The van der Waals surface area contributed by atoms with Crippen molar-refractivity contribution >= 4 is 55.8 Å². The van der Waals surface area contributed by atoms with Crippen molar-refractivity contribution in [3.8, 4) is 5.75 Å². The molecule has 160 valence electrons. The van der Waals surface area contributed by atoms with Crippen LogP contribution in [0.25, 0.3) is 10.2 Å². The van der Waals surface area contributed by atoms with Crippen molar-refractivity contribution in [2.75, 3.05) is 18.1 Å². The summed E-state index contributed by atoms with van der Waals surface area (Å²) in [5, 5.41) is 1.91. The fourth-order valence-corrected chi connectivity index (χ4v) is 4.46. The standard InChI is InChI=1S/C22H20Cl2N4O2S/c1-15-18(24)7-8-19-21(15)26-22(31-19)28(11-2-10-27-12-9-25-14-27)20(29)13-30-17-5-3-16(23)4-6-17/h3-9,12,14H,2,10-11,13H2,1H3. The van der Waals surface area contributed by atoms with Crippen LogP contribution in [-0.2, 0) is 11.3 Å². The van der Waals surface area contributed by atoms with E-state index in [1.807, 2.05) is 29.8 Å². The van der Waals surface area contributed by atoms with Gasteiger partial charge in [0.15, 0.2) is 11.7 Å². The Morgan fingerprint density at radius 2 is 2.00 bits per heavy atom. The number of carbonyl (C=O) groups excluding carboxylic acids is 1. The number of anilines is 1. The molecule has 0 unspecified atom stereocenters. The maximum absolute atomic E-state index is 13.1. The van der Waals surface area contributed by atoms with Gasteiger partial charge < -0.3 is 9.30 Å². The Morgan fingerprint density at radius 1 is 1.19 bits per heavy atom. The average molecular weight is 475 g/mol. The van der Waals surface area contributed by atoms with Crippen LogP contribution >= 0.6 is 34.5 Å². The molecule has 4 rings (SSSR count). The molecule has 0 N–H and O–H groups in total. The van der Waals surface area contributed by atoms with E-state index in [4.69, 9.17) is 32.9 Å². The van der Waals surface area contributed by atoms with Gasteiger partial charge >= 0.3 is 0 Å². The predicted molar refractivity (Wildman–Crippen MR) is 126 cm³/mol. The summed E-state index contributed by atoms with van der Waals surface area (Å²) >= 11 is 13.6. The highest BCUT2D eigenvalue weighted by Crippen LogP contribution is 2.33. The molecule has 2 aromatic carbocycles. The van der Waals surface area contributed by atoms with Crippen LogP contribution in [0.15, 0.2) is 55.1 Å². The number of thiazole rings is 1. The summed E-state index contributed by atoms with van der Waals surface area (Å²) in [5.74, 6) is 0.423. The van der Waals surface area contributed by atoms with E-state index in [0.29, 0.717) is 27.5 Å². The normalized spacial score (nSPS) is 11.1. The second kappa shape index (κ2) is 9.68. The molecule has 0 aliphatic heterocycles. The summed E-state index contributed by atoms with van der Waals surface area (Å²) < 4.78 is 8.66. The molecule has 2 heterocycles. The molecule has 0 aliphatic carbocycles. The van der Waals surface area contributed by atoms with Gasteiger partial charge in [0.05, 0.1) is 16.5 Å². The van der Waals surface area contributed by atoms with Crippen LogP contribution in [0.2, 0.25) is 10.0 Å². The van der Waals surface area contributed by atoms with E-state index >= 15 is 0 Å². The number of benzene rings is 2. The molecule has 0 saturated carbocycles. The molecule has 9 heteroatoms. The van der Waals surface area contributed by atoms with E-state index in [1.54, 1.807) is 41.7 Å². The molecule has 6 nitrogen and oxygen atoms in total. The molecule has 31 heavy (non-hydrogen) atoms. The monoisotopic (exact) mass is 474 g/mol. The van der Waals surface area contributed by atoms with Crippen LogP contribution in [0, 0.1) is 6.92 Å². The summed E-state index contributed by atoms with van der Waals surface area (Å²) in [6, 6.07) is 10.7. The molecule has 0 spiro atoms. The Bertz CT molecular complexity index is 1180. The topological polar surface area (TPSA) is 60.2 Å². The fraction of sp³-hybridized carbons (Fsp3) is 0.227. The molecule has 4 aromatic rings. The van der Waals surface area contributed by atoms with Gasteiger partial charge in [-0.2, -0.15) is 0 Å². The lowest BCUT2D eigenvalue weighted by atomic mass is 10.2. The van der Waals surface area contributed by atoms with Gasteiger partial charge in [-0.05, 0) is 55.3 Å². The fourth-order valence-electron chi connectivity index (χ4n) is 3.12. The lowest BCUT2D eigenvalue weighted by Gasteiger charge is -2.20. The number of halogens is 2. The Balaban J connectivity index is 1.53. The zero-order valence-electron chi connectivity index (χ0n) is 16.8. The highest BCUT2D eigenvalue weighted by atomic mass is 35.5. The van der Waals surface area contributed by atoms with Crippen LogP contribution in [0.1, 0.15) is 12.0 Å². The maximum Gasteiger partial charge on any atom is 0.266 e. The van der Waals surface area contributed by atoms with E-state index in [1.165, 1.54) is 11.3 Å². The number of aromatic nitrogens is 3. The Morgan fingerprint density at radius 3 is 2.74 bits per heavy atom. The van der Waals surface area contributed by atoms with Crippen LogP contribution < -0.4 is 9.64 Å². The van der Waals surface area contributed by atoms with E-state index in [0.717, 1.165) is 28.7 Å². The zero-order chi connectivity index (χ0) is 21.8. The van der Waals surface area contributed by atoms with Gasteiger partial charge in [0.25, 0.3) is 5.91 Å². The van der Waals surface area contributed by atoms with Crippen molar-refractivity contribution in [3.63, 3.8) is 0 Å². The Labute approximate surface area is 194 Å². The summed E-state index contributed by atoms with van der Waals surface area (Å²) in [5.41, 5.74) is 1.73. The van der Waals surface area contributed by atoms with Crippen molar-refractivity contribution in [2.24, 2.45) is 0 Å². The number of imidazole rings is 1. The number of hydrogen-bond acceptors (Lipinski definition) is 5. The van der Waals surface area contributed by atoms with E-state index < -0.39 is 0 Å². The van der Waals surface area contributed by atoms with Crippen LogP contribution in [0.3, 0.4) is 0 Å². The Hall–Kier alpha value is -2.61. The van der Waals surface area contributed by atoms with Gasteiger partial charge in [0, 0.05) is 35.5 Å². The number of rotatable bonds is 8. The number of carbonyl (C=O) groups is 1. The van der Waals surface area contributed by atoms with Crippen LogP contribution in [-0.4, -0.2) is 33.6 Å². The van der Waals surface area contributed by atoms with Crippen molar-refractivity contribution in [2.45, 2.75) is 19.9 Å². The van der Waals surface area contributed by atoms with Crippen LogP contribution in [0.5, 0.6) is 5.75 Å². The first-order chi connectivity index (χ1) is 15.0. The third kappa shape index (κ3) is 5.18. The molecule has 2 aromatic heterocycles. The smallest absolute Gasteiger partial charge is 0.266 e. The molecular weight excluding hydrogens is 455 g/mol. The van der Waals surface area contributed by atoms with Crippen molar-refractivity contribution in [1.29, 1.82) is 0 Å². The van der Waals surface area contributed by atoms with Crippen molar-refractivity contribution in [1.82, 2.24) is 14.5 Å². The maximum atomic E-state index is 13.1. The molecule has 0 atom stereocenters. The minimum absolute atomic E-state index is 0.0949. The zero-order valence-corrected chi connectivity index (χ0v) is 19.1. The largest absolute Gasteiger partial charge is 0.484 e. The SMILES string of the molecule is Cc1c(Cl)ccc2sc(N(CCCn3ccnc3)C(=O)COc3ccc(Cl)cc3)nc12. The van der Waals surface area contributed by atoms with Gasteiger partial charge in [-0.25, -0.2) is 9.97 Å². The quantitative estimate of drug-likeness (QED) is 0.332. The van der Waals surface area contributed by atoms with Crippen molar-refractivity contribution < 1.29 is 9.53 Å².